The molecule has 0 atom stereocenters. The second-order valence-corrected chi connectivity index (χ2v) is 3.28. The van der Waals surface area contributed by atoms with Crippen LogP contribution in [-0.4, -0.2) is 37.1 Å². The van der Waals surface area contributed by atoms with Crippen LogP contribution < -0.4 is 0 Å². The van der Waals surface area contributed by atoms with Crippen molar-refractivity contribution in [2.24, 2.45) is 0 Å². The SMILES string of the molecule is C=C(C)C(=O)OCCN(CC)CC.C=C(F)F. The van der Waals surface area contributed by atoms with Crippen molar-refractivity contribution in [3.05, 3.63) is 24.8 Å². The molecule has 0 fully saturated rings. The molecule has 17 heavy (non-hydrogen) atoms. The van der Waals surface area contributed by atoms with Crippen LogP contribution >= 0.6 is 0 Å². The van der Waals surface area contributed by atoms with Crippen LogP contribution in [0.3, 0.4) is 0 Å². The van der Waals surface area contributed by atoms with Gasteiger partial charge in [-0.25, -0.2) is 4.79 Å². The molecule has 0 heterocycles. The monoisotopic (exact) mass is 249 g/mol. The minimum atomic E-state index is -1.83. The van der Waals surface area contributed by atoms with Crippen molar-refractivity contribution in [1.82, 2.24) is 4.90 Å². The molecule has 0 bridgehead atoms. The summed E-state index contributed by atoms with van der Waals surface area (Å²) in [5.74, 6) is -0.299. The third-order valence-electron chi connectivity index (χ3n) is 1.88. The van der Waals surface area contributed by atoms with Gasteiger partial charge in [0.1, 0.15) is 6.61 Å². The summed E-state index contributed by atoms with van der Waals surface area (Å²) in [6, 6.07) is 0. The predicted molar refractivity (Wildman–Crippen MR) is 64.9 cm³/mol. The Labute approximate surface area is 102 Å². The lowest BCUT2D eigenvalue weighted by Crippen LogP contribution is -2.27. The Balaban J connectivity index is 0. The Hall–Kier alpha value is -1.23. The van der Waals surface area contributed by atoms with Crippen LogP contribution in [0.4, 0.5) is 8.78 Å². The molecule has 0 unspecified atom stereocenters. The van der Waals surface area contributed by atoms with E-state index < -0.39 is 6.08 Å². The van der Waals surface area contributed by atoms with Crippen LogP contribution in [0.2, 0.25) is 0 Å². The minimum absolute atomic E-state index is 0.299. The van der Waals surface area contributed by atoms with Crippen LogP contribution in [0.25, 0.3) is 0 Å². The first-order valence-electron chi connectivity index (χ1n) is 5.39. The molecule has 0 aromatic heterocycles. The number of nitrogens with zero attached hydrogens (tertiary/aromatic N) is 1. The number of rotatable bonds is 6. The molecule has 3 nitrogen and oxygen atoms in total. The van der Waals surface area contributed by atoms with Crippen molar-refractivity contribution in [2.75, 3.05) is 26.2 Å². The number of ether oxygens (including phenoxy) is 1. The maximum absolute atomic E-state index is 11.0. The third kappa shape index (κ3) is 14.8. The lowest BCUT2D eigenvalue weighted by molar-refractivity contribution is -0.139. The van der Waals surface area contributed by atoms with E-state index in [-0.39, 0.29) is 5.97 Å². The van der Waals surface area contributed by atoms with Crippen molar-refractivity contribution in [3.8, 4) is 0 Å². The Morgan fingerprint density at radius 2 is 1.65 bits per heavy atom. The molecule has 0 aromatic rings. The molecule has 0 aliphatic heterocycles. The van der Waals surface area contributed by atoms with Crippen LogP contribution in [0, 0.1) is 0 Å². The van der Waals surface area contributed by atoms with Crippen molar-refractivity contribution >= 4 is 5.97 Å². The van der Waals surface area contributed by atoms with Gasteiger partial charge in [0.05, 0.1) is 0 Å². The average molecular weight is 249 g/mol. The van der Waals surface area contributed by atoms with E-state index in [9.17, 15) is 13.6 Å². The second kappa shape index (κ2) is 11.3. The van der Waals surface area contributed by atoms with Crippen LogP contribution in [0.5, 0.6) is 0 Å². The molecular weight excluding hydrogens is 228 g/mol. The van der Waals surface area contributed by atoms with E-state index in [4.69, 9.17) is 4.74 Å². The Morgan fingerprint density at radius 3 is 1.94 bits per heavy atom. The number of hydrogen-bond donors (Lipinski definition) is 0. The molecule has 0 radical (unpaired) electrons. The highest BCUT2D eigenvalue weighted by molar-refractivity contribution is 5.86. The molecule has 0 saturated carbocycles. The molecule has 0 aliphatic rings. The van der Waals surface area contributed by atoms with Gasteiger partial charge in [-0.2, -0.15) is 8.78 Å². The summed E-state index contributed by atoms with van der Waals surface area (Å²) in [5.41, 5.74) is 0.458. The summed E-state index contributed by atoms with van der Waals surface area (Å²) in [6.07, 6.45) is -1.83. The first-order valence-corrected chi connectivity index (χ1v) is 5.39. The van der Waals surface area contributed by atoms with Gasteiger partial charge in [0, 0.05) is 12.1 Å². The normalized spacial score (nSPS) is 9.29. The van der Waals surface area contributed by atoms with Gasteiger partial charge in [0.25, 0.3) is 6.08 Å². The number of carbonyl (C=O) groups excluding carboxylic acids is 1. The van der Waals surface area contributed by atoms with Gasteiger partial charge in [-0.1, -0.05) is 20.4 Å². The summed E-state index contributed by atoms with van der Waals surface area (Å²) < 4.78 is 25.2. The van der Waals surface area contributed by atoms with Crippen molar-refractivity contribution in [1.29, 1.82) is 0 Å². The fraction of sp³-hybridized carbons (Fsp3) is 0.583. The Morgan fingerprint density at radius 1 is 1.24 bits per heavy atom. The average Bonchev–Trinajstić information content (AvgIpc) is 2.23. The van der Waals surface area contributed by atoms with Crippen LogP contribution in [0.15, 0.2) is 24.8 Å². The fourth-order valence-electron chi connectivity index (χ4n) is 0.930. The van der Waals surface area contributed by atoms with Crippen molar-refractivity contribution < 1.29 is 18.3 Å². The maximum atomic E-state index is 11.0. The highest BCUT2D eigenvalue weighted by atomic mass is 19.3. The molecule has 0 spiro atoms. The van der Waals surface area contributed by atoms with Crippen molar-refractivity contribution in [3.63, 3.8) is 0 Å². The highest BCUT2D eigenvalue weighted by Gasteiger charge is 2.04. The van der Waals surface area contributed by atoms with Gasteiger partial charge in [0.15, 0.2) is 0 Å². The summed E-state index contributed by atoms with van der Waals surface area (Å²) in [4.78, 5) is 13.2. The van der Waals surface area contributed by atoms with Gasteiger partial charge in [-0.3, -0.25) is 0 Å². The highest BCUT2D eigenvalue weighted by Crippen LogP contribution is 1.93. The van der Waals surface area contributed by atoms with Gasteiger partial charge in [-0.15, -0.1) is 0 Å². The number of likely N-dealkylation sites (N-methyl/N-ethyl adjacent to an activating group) is 1. The molecule has 0 saturated heterocycles. The molecule has 0 aromatic carbocycles. The number of carbonyl (C=O) groups is 1. The van der Waals surface area contributed by atoms with E-state index in [2.05, 4.69) is 31.9 Å². The molecule has 0 amide bonds. The zero-order chi connectivity index (χ0) is 13.8. The van der Waals surface area contributed by atoms with E-state index in [1.165, 1.54) is 0 Å². The topological polar surface area (TPSA) is 29.5 Å². The Kier molecular flexibility index (Phi) is 12.0. The van der Waals surface area contributed by atoms with E-state index in [1.54, 1.807) is 6.92 Å². The first kappa shape index (κ1) is 18.1. The second-order valence-electron chi connectivity index (χ2n) is 3.28. The predicted octanol–water partition coefficient (Wildman–Crippen LogP) is 2.84. The number of esters is 1. The molecule has 100 valence electrons. The molecule has 0 rings (SSSR count). The summed E-state index contributed by atoms with van der Waals surface area (Å²) in [5, 5.41) is 0. The number of hydrogen-bond acceptors (Lipinski definition) is 3. The van der Waals surface area contributed by atoms with Crippen molar-refractivity contribution in [2.45, 2.75) is 20.8 Å². The Bertz CT molecular complexity index is 247. The quantitative estimate of drug-likeness (QED) is 0.535. The summed E-state index contributed by atoms with van der Waals surface area (Å²) in [7, 11) is 0. The zero-order valence-electron chi connectivity index (χ0n) is 10.8. The van der Waals surface area contributed by atoms with Crippen LogP contribution in [0.1, 0.15) is 20.8 Å². The molecule has 5 heteroatoms. The van der Waals surface area contributed by atoms with E-state index in [0.29, 0.717) is 12.2 Å². The molecule has 0 N–H and O–H groups in total. The van der Waals surface area contributed by atoms with Gasteiger partial charge in [0.2, 0.25) is 0 Å². The van der Waals surface area contributed by atoms with E-state index in [1.807, 2.05) is 0 Å². The van der Waals surface area contributed by atoms with Gasteiger partial charge < -0.3 is 9.64 Å². The van der Waals surface area contributed by atoms with E-state index >= 15 is 0 Å². The zero-order valence-corrected chi connectivity index (χ0v) is 10.8. The van der Waals surface area contributed by atoms with E-state index in [0.717, 1.165) is 19.6 Å². The number of halogens is 2. The maximum Gasteiger partial charge on any atom is 0.333 e. The summed E-state index contributed by atoms with van der Waals surface area (Å²) >= 11 is 0. The minimum Gasteiger partial charge on any atom is -0.461 e. The molecular formula is C12H21F2NO2. The molecule has 0 aliphatic carbocycles. The van der Waals surface area contributed by atoms with Crippen LogP contribution in [-0.2, 0) is 9.53 Å². The first-order chi connectivity index (χ1) is 7.84. The lowest BCUT2D eigenvalue weighted by Gasteiger charge is -2.17. The van der Waals surface area contributed by atoms with Gasteiger partial charge in [-0.05, 0) is 26.6 Å². The largest absolute Gasteiger partial charge is 0.461 e. The standard InChI is InChI=1S/C10H19NO2.C2H2F2/c1-5-11(6-2)7-8-13-10(12)9(3)4;1-2(3)4/h3,5-8H2,1-2,4H3;1H2. The smallest absolute Gasteiger partial charge is 0.333 e. The fourth-order valence-corrected chi connectivity index (χ4v) is 0.930. The summed E-state index contributed by atoms with van der Waals surface area (Å²) in [6.45, 7) is 14.8. The lowest BCUT2D eigenvalue weighted by atomic mass is 10.4. The third-order valence-corrected chi connectivity index (χ3v) is 1.88. The van der Waals surface area contributed by atoms with Gasteiger partial charge >= 0.3 is 5.97 Å².